The van der Waals surface area contributed by atoms with Crippen LogP contribution in [0.2, 0.25) is 0 Å². The molecule has 1 aromatic rings. The van der Waals surface area contributed by atoms with Crippen LogP contribution in [-0.2, 0) is 6.54 Å². The Bertz CT molecular complexity index is 325. The molecule has 1 aromatic heterocycles. The molecule has 3 heteroatoms. The van der Waals surface area contributed by atoms with Gasteiger partial charge in [0.15, 0.2) is 0 Å². The molecule has 1 aliphatic heterocycles. The van der Waals surface area contributed by atoms with Crippen LogP contribution in [0.4, 0.5) is 5.69 Å². The molecule has 2 heterocycles. The first-order valence-corrected chi connectivity index (χ1v) is 5.01. The number of pyridine rings is 1. The molecular formula is C11H17N3. The zero-order valence-corrected chi connectivity index (χ0v) is 8.83. The lowest BCUT2D eigenvalue weighted by Crippen LogP contribution is -2.53. The third-order valence-corrected chi connectivity index (χ3v) is 2.61. The van der Waals surface area contributed by atoms with Gasteiger partial charge >= 0.3 is 0 Å². The van der Waals surface area contributed by atoms with E-state index in [1.54, 1.807) is 0 Å². The second-order valence-corrected chi connectivity index (χ2v) is 4.73. The third-order valence-electron chi connectivity index (χ3n) is 2.61. The molecule has 14 heavy (non-hydrogen) atoms. The first kappa shape index (κ1) is 9.46. The Hall–Kier alpha value is -1.09. The molecule has 1 fully saturated rings. The number of nitrogens with zero attached hydrogens (tertiary/aromatic N) is 2. The van der Waals surface area contributed by atoms with Gasteiger partial charge in [0.05, 0.1) is 5.69 Å². The Morgan fingerprint density at radius 3 is 2.79 bits per heavy atom. The fraction of sp³-hybridized carbons (Fsp3) is 0.545. The molecule has 0 bridgehead atoms. The van der Waals surface area contributed by atoms with Gasteiger partial charge in [-0.1, -0.05) is 13.8 Å². The van der Waals surface area contributed by atoms with Gasteiger partial charge in [-0.05, 0) is 17.5 Å². The summed E-state index contributed by atoms with van der Waals surface area (Å²) in [6.45, 7) is 7.34. The van der Waals surface area contributed by atoms with Gasteiger partial charge in [-0.2, -0.15) is 0 Å². The van der Waals surface area contributed by atoms with Crippen LogP contribution >= 0.6 is 0 Å². The monoisotopic (exact) mass is 191 g/mol. The summed E-state index contributed by atoms with van der Waals surface area (Å²) in [6, 6.07) is 4.13. The largest absolute Gasteiger partial charge is 0.370 e. The van der Waals surface area contributed by atoms with Crippen LogP contribution < -0.4 is 10.6 Å². The first-order chi connectivity index (χ1) is 6.61. The lowest BCUT2D eigenvalue weighted by atomic mass is 9.84. The minimum Gasteiger partial charge on any atom is -0.370 e. The van der Waals surface area contributed by atoms with Crippen LogP contribution in [0, 0.1) is 5.41 Å². The molecule has 0 amide bonds. The summed E-state index contributed by atoms with van der Waals surface area (Å²) >= 11 is 0. The number of aromatic nitrogens is 1. The quantitative estimate of drug-likeness (QED) is 0.768. The Kier molecular flexibility index (Phi) is 2.19. The number of anilines is 1. The first-order valence-electron chi connectivity index (χ1n) is 5.01. The summed E-state index contributed by atoms with van der Waals surface area (Å²) in [6.07, 6.45) is 1.84. The van der Waals surface area contributed by atoms with Gasteiger partial charge < -0.3 is 10.6 Å². The number of rotatable bonds is 2. The highest BCUT2D eigenvalue weighted by Gasteiger charge is 2.34. The Labute approximate surface area is 84.9 Å². The molecule has 0 radical (unpaired) electrons. The van der Waals surface area contributed by atoms with Crippen LogP contribution in [0.25, 0.3) is 0 Å². The molecule has 1 saturated heterocycles. The van der Waals surface area contributed by atoms with Crippen LogP contribution in [0.1, 0.15) is 19.5 Å². The van der Waals surface area contributed by atoms with Gasteiger partial charge in [-0.3, -0.25) is 4.98 Å². The predicted octanol–water partition coefficient (Wildman–Crippen LogP) is 1.39. The molecule has 76 valence electrons. The zero-order valence-electron chi connectivity index (χ0n) is 8.83. The van der Waals surface area contributed by atoms with Crippen molar-refractivity contribution in [1.82, 2.24) is 4.98 Å². The normalized spacial score (nSPS) is 19.2. The van der Waals surface area contributed by atoms with Gasteiger partial charge in [0.2, 0.25) is 0 Å². The average Bonchev–Trinajstić information content (AvgIpc) is 2.14. The van der Waals surface area contributed by atoms with E-state index in [1.165, 1.54) is 5.69 Å². The van der Waals surface area contributed by atoms with Crippen molar-refractivity contribution in [3.05, 3.63) is 24.0 Å². The molecule has 0 saturated carbocycles. The van der Waals surface area contributed by atoms with Crippen molar-refractivity contribution in [3.63, 3.8) is 0 Å². The van der Waals surface area contributed by atoms with Crippen molar-refractivity contribution in [2.75, 3.05) is 18.0 Å². The highest BCUT2D eigenvalue weighted by molar-refractivity contribution is 5.49. The van der Waals surface area contributed by atoms with Gasteiger partial charge in [0.25, 0.3) is 0 Å². The topological polar surface area (TPSA) is 42.2 Å². The predicted molar refractivity (Wildman–Crippen MR) is 58.1 cm³/mol. The van der Waals surface area contributed by atoms with E-state index in [-0.39, 0.29) is 0 Å². The van der Waals surface area contributed by atoms with Crippen LogP contribution in [-0.4, -0.2) is 18.1 Å². The van der Waals surface area contributed by atoms with Crippen LogP contribution in [0.3, 0.4) is 0 Å². The molecule has 0 atom stereocenters. The molecule has 0 aliphatic carbocycles. The average molecular weight is 191 g/mol. The van der Waals surface area contributed by atoms with E-state index in [9.17, 15) is 0 Å². The summed E-state index contributed by atoms with van der Waals surface area (Å²) in [4.78, 5) is 6.55. The smallest absolute Gasteiger partial charge is 0.0560 e. The molecule has 1 aliphatic rings. The second kappa shape index (κ2) is 3.24. The Morgan fingerprint density at radius 1 is 1.50 bits per heavy atom. The zero-order chi connectivity index (χ0) is 10.2. The highest BCUT2D eigenvalue weighted by Crippen LogP contribution is 2.33. The minimum atomic E-state index is 0.464. The Morgan fingerprint density at radius 2 is 2.21 bits per heavy atom. The SMILES string of the molecule is CC1(C)CN(c2ccnc(CN)c2)C1. The summed E-state index contributed by atoms with van der Waals surface area (Å²) in [5, 5.41) is 0. The van der Waals surface area contributed by atoms with Crippen molar-refractivity contribution in [3.8, 4) is 0 Å². The van der Waals surface area contributed by atoms with Gasteiger partial charge in [0, 0.05) is 31.5 Å². The Balaban J connectivity index is 2.11. The molecule has 0 aromatic carbocycles. The van der Waals surface area contributed by atoms with Crippen molar-refractivity contribution in [1.29, 1.82) is 0 Å². The van der Waals surface area contributed by atoms with E-state index in [1.807, 2.05) is 6.20 Å². The van der Waals surface area contributed by atoms with E-state index in [0.29, 0.717) is 12.0 Å². The maximum atomic E-state index is 5.55. The van der Waals surface area contributed by atoms with Crippen molar-refractivity contribution in [2.45, 2.75) is 20.4 Å². The van der Waals surface area contributed by atoms with E-state index < -0.39 is 0 Å². The minimum absolute atomic E-state index is 0.464. The molecule has 2 N–H and O–H groups in total. The van der Waals surface area contributed by atoms with Crippen molar-refractivity contribution < 1.29 is 0 Å². The van der Waals surface area contributed by atoms with Gasteiger partial charge in [0.1, 0.15) is 0 Å². The lowest BCUT2D eigenvalue weighted by Gasteiger charge is -2.47. The number of hydrogen-bond donors (Lipinski definition) is 1. The summed E-state index contributed by atoms with van der Waals surface area (Å²) < 4.78 is 0. The summed E-state index contributed by atoms with van der Waals surface area (Å²) in [5.41, 5.74) is 8.23. The standard InChI is InChI=1S/C11H17N3/c1-11(2)7-14(8-11)10-3-4-13-9(5-10)6-12/h3-5H,6-8,12H2,1-2H3. The van der Waals surface area contributed by atoms with Gasteiger partial charge in [-0.25, -0.2) is 0 Å². The molecule has 0 unspecified atom stereocenters. The summed E-state index contributed by atoms with van der Waals surface area (Å²) in [5.74, 6) is 0. The van der Waals surface area contributed by atoms with Crippen LogP contribution in [0.15, 0.2) is 18.3 Å². The van der Waals surface area contributed by atoms with Crippen molar-refractivity contribution >= 4 is 5.69 Å². The lowest BCUT2D eigenvalue weighted by molar-refractivity contribution is 0.276. The summed E-state index contributed by atoms with van der Waals surface area (Å²) in [7, 11) is 0. The van der Waals surface area contributed by atoms with Gasteiger partial charge in [-0.15, -0.1) is 0 Å². The van der Waals surface area contributed by atoms with E-state index in [4.69, 9.17) is 5.73 Å². The van der Waals surface area contributed by atoms with Crippen LogP contribution in [0.5, 0.6) is 0 Å². The number of hydrogen-bond acceptors (Lipinski definition) is 3. The maximum absolute atomic E-state index is 5.55. The third kappa shape index (κ3) is 1.73. The molecule has 2 rings (SSSR count). The van der Waals surface area contributed by atoms with Crippen molar-refractivity contribution in [2.24, 2.45) is 11.1 Å². The fourth-order valence-electron chi connectivity index (χ4n) is 1.94. The van der Waals surface area contributed by atoms with E-state index in [2.05, 4.69) is 35.9 Å². The van der Waals surface area contributed by atoms with E-state index in [0.717, 1.165) is 18.8 Å². The molecule has 3 nitrogen and oxygen atoms in total. The molecule has 0 spiro atoms. The second-order valence-electron chi connectivity index (χ2n) is 4.73. The molecular weight excluding hydrogens is 174 g/mol. The number of nitrogens with two attached hydrogens (primary N) is 1. The highest BCUT2D eigenvalue weighted by atomic mass is 15.2. The maximum Gasteiger partial charge on any atom is 0.0560 e. The van der Waals surface area contributed by atoms with E-state index >= 15 is 0 Å². The fourth-order valence-corrected chi connectivity index (χ4v) is 1.94.